The fraction of sp³-hybridized carbons (Fsp3) is 0.571. The van der Waals surface area contributed by atoms with Crippen LogP contribution in [0.4, 0.5) is 4.39 Å². The summed E-state index contributed by atoms with van der Waals surface area (Å²) in [7, 11) is 2.18. The van der Waals surface area contributed by atoms with Crippen molar-refractivity contribution in [3.63, 3.8) is 0 Å². The lowest BCUT2D eigenvalue weighted by Crippen LogP contribution is -2.34. The van der Waals surface area contributed by atoms with Crippen LogP contribution >= 0.6 is 15.9 Å². The lowest BCUT2D eigenvalue weighted by atomic mass is 9.97. The first-order valence-corrected chi connectivity index (χ1v) is 7.27. The Balaban J connectivity index is 1.75. The molecule has 4 heteroatoms. The molecule has 0 aromatic heterocycles. The van der Waals surface area contributed by atoms with Crippen LogP contribution in [-0.2, 0) is 6.54 Å². The van der Waals surface area contributed by atoms with Gasteiger partial charge in [0.2, 0.25) is 0 Å². The van der Waals surface area contributed by atoms with Gasteiger partial charge in [0, 0.05) is 11.0 Å². The Morgan fingerprint density at radius 1 is 1.39 bits per heavy atom. The minimum Gasteiger partial charge on any atom is -0.312 e. The molecule has 0 unspecified atom stereocenters. The van der Waals surface area contributed by atoms with Gasteiger partial charge >= 0.3 is 0 Å². The van der Waals surface area contributed by atoms with Crippen molar-refractivity contribution in [3.05, 3.63) is 34.1 Å². The Morgan fingerprint density at radius 3 is 2.78 bits per heavy atom. The van der Waals surface area contributed by atoms with Gasteiger partial charge in [0.25, 0.3) is 0 Å². The third-order valence-electron chi connectivity index (χ3n) is 3.60. The summed E-state index contributed by atoms with van der Waals surface area (Å²) in [5.74, 6) is 0.585. The third-order valence-corrected chi connectivity index (χ3v) is 4.34. The second kappa shape index (κ2) is 6.64. The smallest absolute Gasteiger partial charge is 0.124 e. The Bertz CT molecular complexity index is 389. The maximum absolute atomic E-state index is 12.9. The number of likely N-dealkylation sites (tertiary alicyclic amines) is 1. The Hall–Kier alpha value is -0.450. The Morgan fingerprint density at radius 2 is 2.11 bits per heavy atom. The molecule has 1 saturated heterocycles. The molecule has 0 amide bonds. The van der Waals surface area contributed by atoms with Gasteiger partial charge in [-0.2, -0.15) is 0 Å². The van der Waals surface area contributed by atoms with Crippen LogP contribution in [0.3, 0.4) is 0 Å². The quantitative estimate of drug-likeness (QED) is 0.919. The molecular weight excluding hydrogens is 295 g/mol. The van der Waals surface area contributed by atoms with Crippen molar-refractivity contribution in [1.82, 2.24) is 10.2 Å². The molecule has 1 fully saturated rings. The first-order chi connectivity index (χ1) is 8.65. The van der Waals surface area contributed by atoms with Crippen LogP contribution in [0.15, 0.2) is 22.7 Å². The second-order valence-corrected chi connectivity index (χ2v) is 5.97. The summed E-state index contributed by atoms with van der Waals surface area (Å²) in [6.07, 6.45) is 2.54. The van der Waals surface area contributed by atoms with E-state index in [2.05, 4.69) is 33.2 Å². The summed E-state index contributed by atoms with van der Waals surface area (Å²) in [5, 5.41) is 3.48. The van der Waals surface area contributed by atoms with Crippen LogP contribution < -0.4 is 5.32 Å². The molecule has 1 heterocycles. The SMILES string of the molecule is CN1CCC(CNCc2ccc(F)cc2Br)CC1. The molecule has 0 aliphatic carbocycles. The van der Waals surface area contributed by atoms with Crippen molar-refractivity contribution in [1.29, 1.82) is 0 Å². The summed E-state index contributed by atoms with van der Waals surface area (Å²) in [6, 6.07) is 4.87. The van der Waals surface area contributed by atoms with E-state index in [1.165, 1.54) is 38.1 Å². The second-order valence-electron chi connectivity index (χ2n) is 5.11. The highest BCUT2D eigenvalue weighted by molar-refractivity contribution is 9.10. The lowest BCUT2D eigenvalue weighted by Gasteiger charge is -2.29. The highest BCUT2D eigenvalue weighted by Gasteiger charge is 2.15. The first kappa shape index (κ1) is 14.0. The largest absolute Gasteiger partial charge is 0.312 e. The molecule has 0 spiro atoms. The standard InChI is InChI=1S/C14H20BrFN2/c1-18-6-4-11(5-7-18)9-17-10-12-2-3-13(16)8-14(12)15/h2-3,8,11,17H,4-7,9-10H2,1H3. The minimum atomic E-state index is -0.194. The molecule has 1 aliphatic heterocycles. The molecule has 0 radical (unpaired) electrons. The monoisotopic (exact) mass is 314 g/mol. The van der Waals surface area contributed by atoms with E-state index in [4.69, 9.17) is 0 Å². The minimum absolute atomic E-state index is 0.194. The Labute approximate surface area is 117 Å². The van der Waals surface area contributed by atoms with E-state index < -0.39 is 0 Å². The summed E-state index contributed by atoms with van der Waals surface area (Å²) in [4.78, 5) is 2.38. The molecule has 0 bridgehead atoms. The Kier molecular flexibility index (Phi) is 5.15. The summed E-state index contributed by atoms with van der Waals surface area (Å²) in [5.41, 5.74) is 1.12. The summed E-state index contributed by atoms with van der Waals surface area (Å²) < 4.78 is 13.8. The highest BCUT2D eigenvalue weighted by Crippen LogP contribution is 2.19. The molecule has 2 nitrogen and oxygen atoms in total. The van der Waals surface area contributed by atoms with Crippen molar-refractivity contribution in [3.8, 4) is 0 Å². The molecule has 18 heavy (non-hydrogen) atoms. The van der Waals surface area contributed by atoms with Gasteiger partial charge in [-0.25, -0.2) is 4.39 Å². The maximum atomic E-state index is 12.9. The van der Waals surface area contributed by atoms with Crippen LogP contribution in [0.1, 0.15) is 18.4 Å². The van der Waals surface area contributed by atoms with Crippen molar-refractivity contribution >= 4 is 15.9 Å². The molecule has 1 aromatic rings. The average molecular weight is 315 g/mol. The van der Waals surface area contributed by atoms with E-state index in [1.807, 2.05) is 6.07 Å². The van der Waals surface area contributed by atoms with Crippen LogP contribution in [0, 0.1) is 11.7 Å². The zero-order valence-electron chi connectivity index (χ0n) is 10.8. The number of benzene rings is 1. The number of nitrogens with one attached hydrogen (secondary N) is 1. The number of halogens is 2. The van der Waals surface area contributed by atoms with E-state index in [1.54, 1.807) is 0 Å². The van der Waals surface area contributed by atoms with Crippen molar-refractivity contribution in [2.24, 2.45) is 5.92 Å². The molecule has 0 atom stereocenters. The van der Waals surface area contributed by atoms with Crippen LogP contribution in [0.2, 0.25) is 0 Å². The van der Waals surface area contributed by atoms with E-state index in [-0.39, 0.29) is 5.82 Å². The number of hydrogen-bond acceptors (Lipinski definition) is 2. The maximum Gasteiger partial charge on any atom is 0.124 e. The predicted octanol–water partition coefficient (Wildman–Crippen LogP) is 3.02. The van der Waals surface area contributed by atoms with Crippen LogP contribution in [0.25, 0.3) is 0 Å². The van der Waals surface area contributed by atoms with Gasteiger partial charge in [0.05, 0.1) is 0 Å². The normalized spacial score (nSPS) is 18.2. The molecular formula is C14H20BrFN2. The van der Waals surface area contributed by atoms with E-state index >= 15 is 0 Å². The van der Waals surface area contributed by atoms with Gasteiger partial charge < -0.3 is 10.2 Å². The molecule has 0 saturated carbocycles. The average Bonchev–Trinajstić information content (AvgIpc) is 2.34. The van der Waals surface area contributed by atoms with Gasteiger partial charge in [-0.05, 0) is 63.1 Å². The zero-order chi connectivity index (χ0) is 13.0. The summed E-state index contributed by atoms with van der Waals surface area (Å²) in [6.45, 7) is 4.25. The van der Waals surface area contributed by atoms with Crippen molar-refractivity contribution < 1.29 is 4.39 Å². The van der Waals surface area contributed by atoms with E-state index in [0.29, 0.717) is 0 Å². The fourth-order valence-electron chi connectivity index (χ4n) is 2.34. The zero-order valence-corrected chi connectivity index (χ0v) is 12.3. The predicted molar refractivity (Wildman–Crippen MR) is 76.0 cm³/mol. The highest BCUT2D eigenvalue weighted by atomic mass is 79.9. The first-order valence-electron chi connectivity index (χ1n) is 6.48. The number of hydrogen-bond donors (Lipinski definition) is 1. The molecule has 1 aliphatic rings. The lowest BCUT2D eigenvalue weighted by molar-refractivity contribution is 0.216. The van der Waals surface area contributed by atoms with Crippen LogP contribution in [0.5, 0.6) is 0 Å². The molecule has 1 aromatic carbocycles. The van der Waals surface area contributed by atoms with Gasteiger partial charge in [-0.15, -0.1) is 0 Å². The van der Waals surface area contributed by atoms with Crippen LogP contribution in [-0.4, -0.2) is 31.6 Å². The summed E-state index contributed by atoms with van der Waals surface area (Å²) >= 11 is 3.39. The topological polar surface area (TPSA) is 15.3 Å². The van der Waals surface area contributed by atoms with Crippen molar-refractivity contribution in [2.45, 2.75) is 19.4 Å². The number of rotatable bonds is 4. The molecule has 1 N–H and O–H groups in total. The number of piperidine rings is 1. The van der Waals surface area contributed by atoms with Gasteiger partial charge in [0.15, 0.2) is 0 Å². The van der Waals surface area contributed by atoms with E-state index in [0.717, 1.165) is 29.0 Å². The fourth-order valence-corrected chi connectivity index (χ4v) is 2.83. The molecule has 2 rings (SSSR count). The van der Waals surface area contributed by atoms with Gasteiger partial charge in [0.1, 0.15) is 5.82 Å². The van der Waals surface area contributed by atoms with Gasteiger partial charge in [-0.1, -0.05) is 22.0 Å². The van der Waals surface area contributed by atoms with Gasteiger partial charge in [-0.3, -0.25) is 0 Å². The molecule has 100 valence electrons. The van der Waals surface area contributed by atoms with Crippen molar-refractivity contribution in [2.75, 3.05) is 26.7 Å². The third kappa shape index (κ3) is 4.04. The number of nitrogens with zero attached hydrogens (tertiary/aromatic N) is 1. The van der Waals surface area contributed by atoms with E-state index in [9.17, 15) is 4.39 Å².